The summed E-state index contributed by atoms with van der Waals surface area (Å²) in [7, 11) is 0. The lowest BCUT2D eigenvalue weighted by molar-refractivity contribution is -0.115. The van der Waals surface area contributed by atoms with Gasteiger partial charge in [0.05, 0.1) is 22.6 Å². The number of rotatable bonds is 2. The van der Waals surface area contributed by atoms with Gasteiger partial charge in [-0.2, -0.15) is 0 Å². The second-order valence-electron chi connectivity index (χ2n) is 4.52. The van der Waals surface area contributed by atoms with E-state index in [2.05, 4.69) is 15.7 Å². The number of carbonyl (C=O) groups is 2. The number of hydrogen-bond acceptors (Lipinski definition) is 5. The molecule has 0 fully saturated rings. The number of nitrogen functional groups attached to an aromatic ring is 1. The van der Waals surface area contributed by atoms with E-state index in [1.165, 1.54) is 17.3 Å². The number of fused-ring (bicyclic) bond motifs is 1. The number of aromatic nitrogens is 1. The molecule has 21 heavy (non-hydrogen) atoms. The Balaban J connectivity index is 2.04. The van der Waals surface area contributed by atoms with E-state index >= 15 is 0 Å². The average molecular weight is 283 g/mol. The molecule has 2 heterocycles. The highest BCUT2D eigenvalue weighted by Crippen LogP contribution is 2.30. The number of hydrazine groups is 1. The Hall–Kier alpha value is -2.93. The van der Waals surface area contributed by atoms with Crippen molar-refractivity contribution in [2.75, 3.05) is 22.2 Å². The maximum Gasteiger partial charge on any atom is 0.262 e. The highest BCUT2D eigenvalue weighted by molar-refractivity contribution is 6.16. The van der Waals surface area contributed by atoms with E-state index in [-0.39, 0.29) is 18.4 Å². The van der Waals surface area contributed by atoms with Gasteiger partial charge in [0.2, 0.25) is 5.91 Å². The van der Waals surface area contributed by atoms with Gasteiger partial charge in [-0.15, -0.1) is 0 Å². The molecule has 106 valence electrons. The van der Waals surface area contributed by atoms with Crippen LogP contribution in [-0.2, 0) is 4.79 Å². The van der Waals surface area contributed by atoms with Gasteiger partial charge in [0.25, 0.3) is 5.91 Å². The van der Waals surface area contributed by atoms with Crippen LogP contribution in [0.25, 0.3) is 0 Å². The van der Waals surface area contributed by atoms with Gasteiger partial charge in [-0.25, -0.2) is 0 Å². The number of nitrogens with one attached hydrogen (secondary N) is 2. The van der Waals surface area contributed by atoms with Crippen molar-refractivity contribution in [1.82, 2.24) is 4.98 Å². The minimum atomic E-state index is -0.335. The number of nitrogens with zero attached hydrogens (tertiary/aromatic N) is 2. The van der Waals surface area contributed by atoms with Gasteiger partial charge >= 0.3 is 0 Å². The van der Waals surface area contributed by atoms with Crippen LogP contribution in [0, 0.1) is 0 Å². The van der Waals surface area contributed by atoms with Gasteiger partial charge in [0.15, 0.2) is 0 Å². The molecule has 0 bridgehead atoms. The predicted octanol–water partition coefficient (Wildman–Crippen LogP) is 0.966. The summed E-state index contributed by atoms with van der Waals surface area (Å²) in [6.07, 6.45) is 2.95. The molecule has 7 heteroatoms. The normalized spacial score (nSPS) is 13.4. The molecule has 0 aliphatic carbocycles. The Kier molecular flexibility index (Phi) is 3.25. The monoisotopic (exact) mass is 283 g/mol. The molecule has 0 unspecified atom stereocenters. The van der Waals surface area contributed by atoms with Crippen molar-refractivity contribution in [3.05, 3.63) is 48.3 Å². The summed E-state index contributed by atoms with van der Waals surface area (Å²) in [6, 6.07) is 8.73. The second kappa shape index (κ2) is 5.22. The number of amides is 2. The highest BCUT2D eigenvalue weighted by Gasteiger charge is 2.28. The van der Waals surface area contributed by atoms with Crippen molar-refractivity contribution in [3.63, 3.8) is 0 Å². The first-order valence-electron chi connectivity index (χ1n) is 6.32. The van der Waals surface area contributed by atoms with E-state index in [1.807, 2.05) is 6.07 Å². The fourth-order valence-electron chi connectivity index (χ4n) is 2.25. The summed E-state index contributed by atoms with van der Waals surface area (Å²) in [5.74, 6) is 4.83. The average Bonchev–Trinajstić information content (AvgIpc) is 2.53. The van der Waals surface area contributed by atoms with Crippen LogP contribution < -0.4 is 21.5 Å². The molecule has 0 saturated heterocycles. The summed E-state index contributed by atoms with van der Waals surface area (Å²) in [4.78, 5) is 29.8. The van der Waals surface area contributed by atoms with Crippen molar-refractivity contribution in [2.24, 2.45) is 5.84 Å². The zero-order valence-electron chi connectivity index (χ0n) is 11.0. The topological polar surface area (TPSA) is 100 Å². The van der Waals surface area contributed by atoms with Crippen molar-refractivity contribution in [2.45, 2.75) is 0 Å². The fraction of sp³-hybridized carbons (Fsp3) is 0.0714. The Morgan fingerprint density at radius 1 is 1.33 bits per heavy atom. The van der Waals surface area contributed by atoms with Crippen molar-refractivity contribution in [3.8, 4) is 0 Å². The van der Waals surface area contributed by atoms with Crippen LogP contribution in [0.4, 0.5) is 17.1 Å². The number of carbonyl (C=O) groups excluding carboxylic acids is 2. The van der Waals surface area contributed by atoms with Gasteiger partial charge in [0, 0.05) is 12.4 Å². The van der Waals surface area contributed by atoms with Crippen molar-refractivity contribution >= 4 is 28.9 Å². The van der Waals surface area contributed by atoms with Gasteiger partial charge < -0.3 is 10.7 Å². The van der Waals surface area contributed by atoms with Crippen molar-refractivity contribution in [1.29, 1.82) is 0 Å². The van der Waals surface area contributed by atoms with Crippen LogP contribution in [0.5, 0.6) is 0 Å². The lowest BCUT2D eigenvalue weighted by Crippen LogP contribution is -2.42. The number of nitrogens with two attached hydrogens (primary N) is 1. The van der Waals surface area contributed by atoms with E-state index in [4.69, 9.17) is 5.84 Å². The van der Waals surface area contributed by atoms with Crippen LogP contribution in [-0.4, -0.2) is 23.3 Å². The van der Waals surface area contributed by atoms with E-state index in [1.54, 1.807) is 24.3 Å². The first-order valence-corrected chi connectivity index (χ1v) is 6.32. The predicted molar refractivity (Wildman–Crippen MR) is 78.8 cm³/mol. The molecular formula is C14H13N5O2. The molecule has 0 saturated carbocycles. The number of anilines is 3. The standard InChI is InChI=1S/C14H13N5O2/c15-18-10-5-6-16-7-9(10)14(21)19-8-13(20)17-11-3-1-2-4-12(11)19/h1-7H,8,15H2,(H,16,18)(H,17,20). The minimum absolute atomic E-state index is 0.0469. The minimum Gasteiger partial charge on any atom is -0.323 e. The molecule has 1 aromatic heterocycles. The van der Waals surface area contributed by atoms with E-state index < -0.39 is 0 Å². The maximum absolute atomic E-state index is 12.7. The first-order chi connectivity index (χ1) is 10.2. The summed E-state index contributed by atoms with van der Waals surface area (Å²) < 4.78 is 0. The first kappa shape index (κ1) is 13.1. The Morgan fingerprint density at radius 3 is 2.95 bits per heavy atom. The smallest absolute Gasteiger partial charge is 0.262 e. The number of pyridine rings is 1. The van der Waals surface area contributed by atoms with Crippen LogP contribution in [0.2, 0.25) is 0 Å². The van der Waals surface area contributed by atoms with Crippen LogP contribution in [0.1, 0.15) is 10.4 Å². The summed E-state index contributed by atoms with van der Waals surface area (Å²) in [5.41, 5.74) is 4.48. The zero-order valence-corrected chi connectivity index (χ0v) is 11.0. The third-order valence-electron chi connectivity index (χ3n) is 3.22. The molecule has 7 nitrogen and oxygen atoms in total. The molecule has 3 rings (SSSR count). The quantitative estimate of drug-likeness (QED) is 0.563. The molecule has 1 aliphatic heterocycles. The third-order valence-corrected chi connectivity index (χ3v) is 3.22. The SMILES string of the molecule is NNc1ccncc1C(=O)N1CC(=O)Nc2ccccc21. The summed E-state index contributed by atoms with van der Waals surface area (Å²) in [5, 5.41) is 2.74. The third kappa shape index (κ3) is 2.30. The molecule has 1 aromatic carbocycles. The fourth-order valence-corrected chi connectivity index (χ4v) is 2.25. The van der Waals surface area contributed by atoms with Crippen LogP contribution in [0.3, 0.4) is 0 Å². The van der Waals surface area contributed by atoms with E-state index in [0.717, 1.165) is 0 Å². The lowest BCUT2D eigenvalue weighted by Gasteiger charge is -2.29. The van der Waals surface area contributed by atoms with Crippen LogP contribution in [0.15, 0.2) is 42.7 Å². The van der Waals surface area contributed by atoms with Crippen molar-refractivity contribution < 1.29 is 9.59 Å². The van der Waals surface area contributed by atoms with E-state index in [0.29, 0.717) is 22.6 Å². The Labute approximate surface area is 120 Å². The zero-order chi connectivity index (χ0) is 14.8. The molecular weight excluding hydrogens is 270 g/mol. The summed E-state index contributed by atoms with van der Waals surface area (Å²) in [6.45, 7) is -0.0469. The maximum atomic E-state index is 12.7. The largest absolute Gasteiger partial charge is 0.323 e. The Bertz CT molecular complexity index is 716. The molecule has 1 aliphatic rings. The van der Waals surface area contributed by atoms with Crippen LogP contribution >= 0.6 is 0 Å². The van der Waals surface area contributed by atoms with Gasteiger partial charge in [-0.1, -0.05) is 12.1 Å². The molecule has 0 radical (unpaired) electrons. The molecule has 2 aromatic rings. The summed E-state index contributed by atoms with van der Waals surface area (Å²) >= 11 is 0. The molecule has 4 N–H and O–H groups in total. The van der Waals surface area contributed by atoms with Gasteiger partial charge in [-0.3, -0.25) is 25.3 Å². The highest BCUT2D eigenvalue weighted by atomic mass is 16.2. The van der Waals surface area contributed by atoms with Gasteiger partial charge in [0.1, 0.15) is 6.54 Å². The number of benzene rings is 1. The molecule has 0 spiro atoms. The second-order valence-corrected chi connectivity index (χ2v) is 4.52. The molecule has 0 atom stereocenters. The number of hydrogen-bond donors (Lipinski definition) is 3. The number of para-hydroxylation sites is 2. The van der Waals surface area contributed by atoms with Gasteiger partial charge in [-0.05, 0) is 18.2 Å². The molecule has 2 amide bonds. The van der Waals surface area contributed by atoms with E-state index in [9.17, 15) is 9.59 Å². The lowest BCUT2D eigenvalue weighted by atomic mass is 10.1. The Morgan fingerprint density at radius 2 is 2.14 bits per heavy atom.